The highest BCUT2D eigenvalue weighted by Crippen LogP contribution is 2.39. The van der Waals surface area contributed by atoms with E-state index < -0.39 is 35.1 Å². The highest BCUT2D eigenvalue weighted by atomic mass is 16.6. The SMILES string of the molecule is CCC(C)(C)c1ccc(OCCCCNC(=O)c2cc(NC(=O)C(OC(C)=O)C(=O)C(C)(C)C)c3ccccc3c2O)c(C(C)(C)CC)c1. The molecule has 0 spiro atoms. The van der Waals surface area contributed by atoms with Crippen molar-refractivity contribution < 1.29 is 33.8 Å². The van der Waals surface area contributed by atoms with Gasteiger partial charge in [0.25, 0.3) is 11.8 Å². The number of hydrogen-bond acceptors (Lipinski definition) is 7. The summed E-state index contributed by atoms with van der Waals surface area (Å²) >= 11 is 0. The van der Waals surface area contributed by atoms with Crippen LogP contribution in [0.1, 0.15) is 116 Å². The van der Waals surface area contributed by atoms with Gasteiger partial charge in [0.15, 0.2) is 5.78 Å². The number of rotatable bonds is 15. The number of carbonyl (C=O) groups is 4. The van der Waals surface area contributed by atoms with Gasteiger partial charge in [-0.2, -0.15) is 0 Å². The van der Waals surface area contributed by atoms with Gasteiger partial charge in [-0.1, -0.05) is 98.7 Å². The van der Waals surface area contributed by atoms with Gasteiger partial charge in [0.05, 0.1) is 12.2 Å². The Kier molecular flexibility index (Phi) is 12.6. The fourth-order valence-corrected chi connectivity index (χ4v) is 5.33. The summed E-state index contributed by atoms with van der Waals surface area (Å²) in [5.41, 5.74) is 1.69. The van der Waals surface area contributed by atoms with Crippen LogP contribution in [-0.2, 0) is 30.0 Å². The first-order valence-corrected chi connectivity index (χ1v) is 17.2. The Bertz CT molecular complexity index is 1680. The molecule has 0 heterocycles. The Morgan fingerprint density at radius 2 is 1.47 bits per heavy atom. The van der Waals surface area contributed by atoms with E-state index in [9.17, 15) is 24.3 Å². The average molecular weight is 675 g/mol. The number of esters is 1. The van der Waals surface area contributed by atoms with E-state index in [-0.39, 0.29) is 27.8 Å². The first-order chi connectivity index (χ1) is 22.8. The number of fused-ring (bicyclic) bond motifs is 1. The predicted molar refractivity (Wildman–Crippen MR) is 194 cm³/mol. The van der Waals surface area contributed by atoms with E-state index >= 15 is 0 Å². The van der Waals surface area contributed by atoms with Crippen LogP contribution in [0.3, 0.4) is 0 Å². The molecule has 0 fully saturated rings. The Morgan fingerprint density at radius 3 is 2.06 bits per heavy atom. The molecule has 266 valence electrons. The maximum atomic E-state index is 13.3. The summed E-state index contributed by atoms with van der Waals surface area (Å²) in [5.74, 6) is -2.10. The quantitative estimate of drug-likeness (QED) is 0.0645. The summed E-state index contributed by atoms with van der Waals surface area (Å²) < 4.78 is 11.4. The number of aromatic hydroxyl groups is 1. The van der Waals surface area contributed by atoms with Gasteiger partial charge in [0.2, 0.25) is 6.10 Å². The molecule has 0 aromatic heterocycles. The number of carbonyl (C=O) groups excluding carboxylic acids is 4. The molecular weight excluding hydrogens is 620 g/mol. The van der Waals surface area contributed by atoms with E-state index in [1.54, 1.807) is 45.0 Å². The molecule has 9 nitrogen and oxygen atoms in total. The molecule has 3 rings (SSSR count). The highest BCUT2D eigenvalue weighted by molar-refractivity contribution is 6.16. The lowest BCUT2D eigenvalue weighted by molar-refractivity contribution is -0.160. The summed E-state index contributed by atoms with van der Waals surface area (Å²) in [6.07, 6.45) is 1.65. The third kappa shape index (κ3) is 9.61. The number of ether oxygens (including phenoxy) is 2. The van der Waals surface area contributed by atoms with Crippen molar-refractivity contribution in [1.29, 1.82) is 0 Å². The van der Waals surface area contributed by atoms with Gasteiger partial charge in [0, 0.05) is 40.9 Å². The van der Waals surface area contributed by atoms with Crippen LogP contribution >= 0.6 is 0 Å². The lowest BCUT2D eigenvalue weighted by atomic mass is 9.76. The standard InChI is InChI=1S/C40H54N2O7/c1-11-39(7,8)26-19-20-32(30(23-26)40(9,10)12-2)48-22-16-15-21-41-36(46)29-24-31(27-17-13-14-18-28(27)33(29)44)42-37(47)34(49-25(3)43)35(45)38(4,5)6/h13-14,17-20,23-24,34,44H,11-12,15-16,21-22H2,1-10H3,(H,41,46)(H,42,47). The number of phenolic OH excluding ortho intramolecular Hbond substituents is 1. The van der Waals surface area contributed by atoms with Crippen molar-refractivity contribution in [3.05, 3.63) is 65.2 Å². The van der Waals surface area contributed by atoms with Gasteiger partial charge >= 0.3 is 5.97 Å². The molecule has 0 bridgehead atoms. The predicted octanol–water partition coefficient (Wildman–Crippen LogP) is 8.00. The lowest BCUT2D eigenvalue weighted by Crippen LogP contribution is -2.44. The van der Waals surface area contributed by atoms with Crippen molar-refractivity contribution in [3.63, 3.8) is 0 Å². The molecular formula is C40H54N2O7. The second-order valence-electron chi connectivity index (χ2n) is 15.0. The van der Waals surface area contributed by atoms with Crippen LogP contribution in [0.5, 0.6) is 11.5 Å². The molecule has 0 aliphatic heterocycles. The second-order valence-corrected chi connectivity index (χ2v) is 15.0. The number of benzene rings is 3. The maximum absolute atomic E-state index is 13.3. The number of anilines is 1. The van der Waals surface area contributed by atoms with Gasteiger partial charge in [-0.3, -0.25) is 19.2 Å². The number of Topliss-reactive ketones (excluding diaryl/α,β-unsaturated/α-hetero) is 1. The van der Waals surface area contributed by atoms with Crippen LogP contribution in [0.15, 0.2) is 48.5 Å². The van der Waals surface area contributed by atoms with Gasteiger partial charge in [-0.15, -0.1) is 0 Å². The van der Waals surface area contributed by atoms with Crippen molar-refractivity contribution in [2.45, 2.75) is 112 Å². The van der Waals surface area contributed by atoms with E-state index in [0.29, 0.717) is 36.8 Å². The Labute approximate surface area is 291 Å². The molecule has 1 unspecified atom stereocenters. The largest absolute Gasteiger partial charge is 0.506 e. The van der Waals surface area contributed by atoms with Crippen molar-refractivity contribution >= 4 is 40.0 Å². The normalized spacial score (nSPS) is 12.7. The summed E-state index contributed by atoms with van der Waals surface area (Å²) in [7, 11) is 0. The van der Waals surface area contributed by atoms with Gasteiger partial charge in [0.1, 0.15) is 11.5 Å². The van der Waals surface area contributed by atoms with Gasteiger partial charge in [-0.25, -0.2) is 0 Å². The third-order valence-corrected chi connectivity index (χ3v) is 9.39. The van der Waals surface area contributed by atoms with Crippen LogP contribution in [0.2, 0.25) is 0 Å². The Morgan fingerprint density at radius 1 is 0.837 bits per heavy atom. The molecule has 0 saturated carbocycles. The van der Waals surface area contributed by atoms with Gasteiger partial charge < -0.3 is 25.2 Å². The van der Waals surface area contributed by atoms with E-state index in [4.69, 9.17) is 9.47 Å². The van der Waals surface area contributed by atoms with Crippen molar-refractivity contribution in [3.8, 4) is 11.5 Å². The first kappa shape index (κ1) is 39.0. The van der Waals surface area contributed by atoms with Crippen LogP contribution in [-0.4, -0.2) is 47.9 Å². The van der Waals surface area contributed by atoms with Crippen molar-refractivity contribution in [2.75, 3.05) is 18.5 Å². The summed E-state index contributed by atoms with van der Waals surface area (Å²) in [6, 6.07) is 14.6. The summed E-state index contributed by atoms with van der Waals surface area (Å²) in [4.78, 5) is 51.4. The number of amides is 2. The molecule has 0 saturated heterocycles. The molecule has 3 aromatic carbocycles. The fraction of sp³-hybridized carbons (Fsp3) is 0.500. The lowest BCUT2D eigenvalue weighted by Gasteiger charge is -2.30. The number of unbranched alkanes of at least 4 members (excludes halogenated alkanes) is 1. The highest BCUT2D eigenvalue weighted by Gasteiger charge is 2.37. The zero-order valence-corrected chi connectivity index (χ0v) is 30.8. The van der Waals surface area contributed by atoms with Gasteiger partial charge in [-0.05, 0) is 54.2 Å². The zero-order valence-electron chi connectivity index (χ0n) is 30.8. The molecule has 3 N–H and O–H groups in total. The van der Waals surface area contributed by atoms with E-state index in [1.807, 2.05) is 0 Å². The molecule has 0 aliphatic carbocycles. The first-order valence-electron chi connectivity index (χ1n) is 17.2. The maximum Gasteiger partial charge on any atom is 0.303 e. The molecule has 49 heavy (non-hydrogen) atoms. The third-order valence-electron chi connectivity index (χ3n) is 9.39. The molecule has 0 aliphatic rings. The summed E-state index contributed by atoms with van der Waals surface area (Å²) in [5, 5.41) is 17.3. The van der Waals surface area contributed by atoms with Crippen LogP contribution in [0, 0.1) is 5.41 Å². The number of nitrogens with one attached hydrogen (secondary N) is 2. The topological polar surface area (TPSA) is 131 Å². The van der Waals surface area contributed by atoms with Crippen LogP contribution in [0.25, 0.3) is 10.8 Å². The van der Waals surface area contributed by atoms with E-state index in [1.165, 1.54) is 17.2 Å². The zero-order chi connectivity index (χ0) is 36.7. The van der Waals surface area contributed by atoms with E-state index in [2.05, 4.69) is 70.4 Å². The minimum absolute atomic E-state index is 0.0435. The number of ketones is 1. The molecule has 1 atom stereocenters. The van der Waals surface area contributed by atoms with Crippen LogP contribution in [0.4, 0.5) is 5.69 Å². The molecule has 0 radical (unpaired) electrons. The van der Waals surface area contributed by atoms with Crippen LogP contribution < -0.4 is 15.4 Å². The minimum Gasteiger partial charge on any atom is -0.506 e. The Balaban J connectivity index is 1.72. The average Bonchev–Trinajstić information content (AvgIpc) is 3.05. The van der Waals surface area contributed by atoms with E-state index in [0.717, 1.165) is 25.5 Å². The molecule has 3 aromatic rings. The van der Waals surface area contributed by atoms with Crippen molar-refractivity contribution in [2.24, 2.45) is 5.41 Å². The Hall–Kier alpha value is -4.40. The molecule has 2 amide bonds. The smallest absolute Gasteiger partial charge is 0.303 e. The number of hydrogen-bond donors (Lipinski definition) is 3. The minimum atomic E-state index is -1.69. The molecule has 9 heteroatoms. The summed E-state index contributed by atoms with van der Waals surface area (Å²) in [6.45, 7) is 20.2. The fourth-order valence-electron chi connectivity index (χ4n) is 5.33. The second kappa shape index (κ2) is 15.9. The monoisotopic (exact) mass is 674 g/mol. The van der Waals surface area contributed by atoms with Crippen molar-refractivity contribution in [1.82, 2.24) is 5.32 Å². The number of phenols is 1.